The van der Waals surface area contributed by atoms with E-state index in [1.54, 1.807) is 30.3 Å². The van der Waals surface area contributed by atoms with E-state index in [1.165, 1.54) is 32.2 Å². The summed E-state index contributed by atoms with van der Waals surface area (Å²) in [5.74, 6) is -1.13. The van der Waals surface area contributed by atoms with Crippen molar-refractivity contribution >= 4 is 38.7 Å². The highest BCUT2D eigenvalue weighted by Crippen LogP contribution is 2.37. The van der Waals surface area contributed by atoms with Gasteiger partial charge in [0.2, 0.25) is 5.91 Å². The van der Waals surface area contributed by atoms with E-state index >= 15 is 0 Å². The molecule has 2 aromatic carbocycles. The zero-order chi connectivity index (χ0) is 21.3. The average Bonchev–Trinajstić information content (AvgIpc) is 2.92. The zero-order valence-electron chi connectivity index (χ0n) is 16.1. The Morgan fingerprint density at radius 2 is 1.72 bits per heavy atom. The van der Waals surface area contributed by atoms with Gasteiger partial charge in [-0.05, 0) is 42.8 Å². The minimum atomic E-state index is -3.28. The highest BCUT2D eigenvalue weighted by molar-refractivity contribution is 7.90. The molecule has 0 fully saturated rings. The van der Waals surface area contributed by atoms with E-state index in [-0.39, 0.29) is 22.9 Å². The Morgan fingerprint density at radius 3 is 2.28 bits per heavy atom. The number of Topliss-reactive ketones (excluding diaryl/α,β-unsaturated/α-hetero) is 1. The predicted molar refractivity (Wildman–Crippen MR) is 107 cm³/mol. The van der Waals surface area contributed by atoms with Crippen molar-refractivity contribution in [3.8, 4) is 0 Å². The second-order valence-corrected chi connectivity index (χ2v) is 8.72. The molecule has 1 aliphatic rings. The van der Waals surface area contributed by atoms with E-state index in [1.807, 2.05) is 0 Å². The number of sulfone groups is 1. The van der Waals surface area contributed by atoms with Crippen LogP contribution in [-0.4, -0.2) is 32.3 Å². The summed E-state index contributed by atoms with van der Waals surface area (Å²) in [6, 6.07) is 10.9. The molecular formula is C21H19NO6S. The predicted octanol–water partition coefficient (Wildman–Crippen LogP) is 2.74. The maximum absolute atomic E-state index is 12.7. The normalized spacial score (nSPS) is 14.8. The highest BCUT2D eigenvalue weighted by atomic mass is 32.2. The lowest BCUT2D eigenvalue weighted by Crippen LogP contribution is -2.31. The number of fused-ring (bicyclic) bond motifs is 1. The smallest absolute Gasteiger partial charge is 0.268 e. The maximum Gasteiger partial charge on any atom is 0.268 e. The summed E-state index contributed by atoms with van der Waals surface area (Å²) in [6.45, 7) is 2.80. The minimum Gasteiger partial charge on any atom is -0.496 e. The number of ketones is 1. The van der Waals surface area contributed by atoms with Crippen LogP contribution >= 0.6 is 0 Å². The van der Waals surface area contributed by atoms with Gasteiger partial charge in [0.25, 0.3) is 5.91 Å². The van der Waals surface area contributed by atoms with Crippen LogP contribution < -0.4 is 4.90 Å². The van der Waals surface area contributed by atoms with Gasteiger partial charge in [0.15, 0.2) is 15.6 Å². The van der Waals surface area contributed by atoms with Crippen LogP contribution in [0.2, 0.25) is 0 Å². The van der Waals surface area contributed by atoms with Crippen LogP contribution in [0.15, 0.2) is 53.6 Å². The van der Waals surface area contributed by atoms with Gasteiger partial charge in [0.05, 0.1) is 22.4 Å². The summed E-state index contributed by atoms with van der Waals surface area (Å²) in [5, 5.41) is 0. The number of carbonyl (C=O) groups excluding carboxylic acids is 3. The van der Waals surface area contributed by atoms with Gasteiger partial charge >= 0.3 is 0 Å². The van der Waals surface area contributed by atoms with Gasteiger partial charge in [0.1, 0.15) is 6.61 Å². The van der Waals surface area contributed by atoms with E-state index in [0.717, 1.165) is 11.2 Å². The lowest BCUT2D eigenvalue weighted by atomic mass is 10.0. The molecule has 2 amide bonds. The summed E-state index contributed by atoms with van der Waals surface area (Å²) in [7, 11) is -3.28. The zero-order valence-corrected chi connectivity index (χ0v) is 16.9. The third-order valence-corrected chi connectivity index (χ3v) is 5.61. The van der Waals surface area contributed by atoms with E-state index in [0.29, 0.717) is 22.4 Å². The lowest BCUT2D eigenvalue weighted by Gasteiger charge is -2.12. The molecule has 0 aliphatic carbocycles. The topological polar surface area (TPSA) is 97.8 Å². The molecule has 0 saturated heterocycles. The van der Waals surface area contributed by atoms with Crippen LogP contribution in [0, 0.1) is 0 Å². The number of anilines is 1. The Hall–Kier alpha value is -3.26. The Labute approximate surface area is 168 Å². The first-order chi connectivity index (χ1) is 13.6. The standard InChI is InChI=1S/C21H19NO6S/c1-13(23)16-6-9-20-18(10-16)19(21(25)22(20)14(2)24)12-28-11-15-4-7-17(8-5-15)29(3,26)27/h4-10,12H,11H2,1-3H3. The molecule has 7 nitrogen and oxygen atoms in total. The fraction of sp³-hybridized carbons (Fsp3) is 0.190. The first-order valence-electron chi connectivity index (χ1n) is 8.70. The molecule has 0 atom stereocenters. The summed E-state index contributed by atoms with van der Waals surface area (Å²) in [4.78, 5) is 37.5. The summed E-state index contributed by atoms with van der Waals surface area (Å²) >= 11 is 0. The Morgan fingerprint density at radius 1 is 1.07 bits per heavy atom. The molecule has 0 aromatic heterocycles. The van der Waals surface area contributed by atoms with E-state index < -0.39 is 21.7 Å². The molecule has 1 aliphatic heterocycles. The molecule has 0 saturated carbocycles. The number of ether oxygens (including phenoxy) is 1. The fourth-order valence-corrected chi connectivity index (χ4v) is 3.62. The van der Waals surface area contributed by atoms with Crippen molar-refractivity contribution in [3.63, 3.8) is 0 Å². The summed E-state index contributed by atoms with van der Waals surface area (Å²) < 4.78 is 28.6. The lowest BCUT2D eigenvalue weighted by molar-refractivity contribution is -0.122. The molecule has 0 radical (unpaired) electrons. The number of rotatable bonds is 5. The van der Waals surface area contributed by atoms with Crippen molar-refractivity contribution in [2.75, 3.05) is 11.2 Å². The van der Waals surface area contributed by atoms with Crippen LogP contribution in [0.1, 0.15) is 35.3 Å². The Bertz CT molecular complexity index is 1150. The molecule has 8 heteroatoms. The second-order valence-electron chi connectivity index (χ2n) is 6.71. The minimum absolute atomic E-state index is 0.0998. The fourth-order valence-electron chi connectivity index (χ4n) is 2.99. The van der Waals surface area contributed by atoms with Gasteiger partial charge < -0.3 is 4.74 Å². The first-order valence-corrected chi connectivity index (χ1v) is 10.6. The van der Waals surface area contributed by atoms with Crippen LogP contribution in [0.25, 0.3) is 5.57 Å². The van der Waals surface area contributed by atoms with Crippen LogP contribution in [0.4, 0.5) is 5.69 Å². The van der Waals surface area contributed by atoms with Gasteiger partial charge in [-0.15, -0.1) is 0 Å². The molecule has 150 valence electrons. The van der Waals surface area contributed by atoms with Crippen LogP contribution in [0.3, 0.4) is 0 Å². The molecule has 3 rings (SSSR count). The van der Waals surface area contributed by atoms with E-state index in [9.17, 15) is 22.8 Å². The molecule has 0 N–H and O–H groups in total. The highest BCUT2D eigenvalue weighted by Gasteiger charge is 2.35. The van der Waals surface area contributed by atoms with Crippen molar-refractivity contribution in [3.05, 3.63) is 65.4 Å². The third kappa shape index (κ3) is 4.12. The number of hydrogen-bond donors (Lipinski definition) is 0. The van der Waals surface area contributed by atoms with Gasteiger partial charge in [-0.25, -0.2) is 13.3 Å². The second kappa shape index (κ2) is 7.63. The monoisotopic (exact) mass is 413 g/mol. The van der Waals surface area contributed by atoms with Crippen molar-refractivity contribution < 1.29 is 27.5 Å². The molecule has 2 aromatic rings. The number of imide groups is 1. The number of nitrogens with zero attached hydrogens (tertiary/aromatic N) is 1. The van der Waals surface area contributed by atoms with Crippen LogP contribution in [-0.2, 0) is 30.8 Å². The quantitative estimate of drug-likeness (QED) is 0.425. The van der Waals surface area contributed by atoms with Gasteiger partial charge in [-0.2, -0.15) is 0 Å². The van der Waals surface area contributed by atoms with Crippen molar-refractivity contribution in [2.24, 2.45) is 0 Å². The molecule has 29 heavy (non-hydrogen) atoms. The average molecular weight is 413 g/mol. The Kier molecular flexibility index (Phi) is 5.39. The number of benzene rings is 2. The van der Waals surface area contributed by atoms with Crippen molar-refractivity contribution in [1.29, 1.82) is 0 Å². The molecule has 1 heterocycles. The number of hydrogen-bond acceptors (Lipinski definition) is 6. The maximum atomic E-state index is 12.7. The van der Waals surface area contributed by atoms with Gasteiger partial charge in [0, 0.05) is 24.3 Å². The number of carbonyl (C=O) groups is 3. The summed E-state index contributed by atoms with van der Waals surface area (Å²) in [5.41, 5.74) is 2.15. The number of amides is 2. The third-order valence-electron chi connectivity index (χ3n) is 4.49. The Balaban J connectivity index is 1.87. The first kappa shape index (κ1) is 20.5. The SMILES string of the molecule is CC(=O)c1ccc2c(c1)C(=COCc1ccc(S(C)(=O)=O)cc1)C(=O)N2C(C)=O. The molecule has 0 spiro atoms. The molecule has 0 bridgehead atoms. The van der Waals surface area contributed by atoms with Gasteiger partial charge in [-0.3, -0.25) is 14.4 Å². The van der Waals surface area contributed by atoms with E-state index in [2.05, 4.69) is 0 Å². The van der Waals surface area contributed by atoms with Crippen molar-refractivity contribution in [2.45, 2.75) is 25.3 Å². The molecule has 0 unspecified atom stereocenters. The summed E-state index contributed by atoms with van der Waals surface area (Å²) in [6.07, 6.45) is 2.39. The largest absolute Gasteiger partial charge is 0.496 e. The van der Waals surface area contributed by atoms with Gasteiger partial charge in [-0.1, -0.05) is 12.1 Å². The van der Waals surface area contributed by atoms with Crippen LogP contribution in [0.5, 0.6) is 0 Å². The van der Waals surface area contributed by atoms with Crippen molar-refractivity contribution in [1.82, 2.24) is 0 Å². The van der Waals surface area contributed by atoms with E-state index in [4.69, 9.17) is 4.74 Å². The molecular weight excluding hydrogens is 394 g/mol.